The quantitative estimate of drug-likeness (QED) is 0.622. The van der Waals surface area contributed by atoms with Crippen LogP contribution < -0.4 is 5.73 Å². The number of benzene rings is 1. The summed E-state index contributed by atoms with van der Waals surface area (Å²) in [6.07, 6.45) is 1.10. The van der Waals surface area contributed by atoms with Gasteiger partial charge in [0.2, 0.25) is 0 Å². The molecule has 0 amide bonds. The maximum Gasteiger partial charge on any atom is 0.0780 e. The van der Waals surface area contributed by atoms with Gasteiger partial charge in [-0.3, -0.25) is 0 Å². The molecule has 0 aliphatic carbocycles. The first-order valence-corrected chi connectivity index (χ1v) is 3.68. The van der Waals surface area contributed by atoms with Crippen molar-refractivity contribution in [1.29, 1.82) is 0 Å². The lowest BCUT2D eigenvalue weighted by Crippen LogP contribution is -2.51. The lowest BCUT2D eigenvalue weighted by atomic mass is 10.1. The third-order valence-corrected chi connectivity index (χ3v) is 1.71. The van der Waals surface area contributed by atoms with Crippen LogP contribution >= 0.6 is 0 Å². The molecule has 0 saturated carbocycles. The number of aryl methyl sites for hydroxylation is 1. The van der Waals surface area contributed by atoms with Gasteiger partial charge in [0.25, 0.3) is 0 Å². The van der Waals surface area contributed by atoms with E-state index in [1.165, 1.54) is 11.1 Å². The molecule has 0 atom stereocenters. The van der Waals surface area contributed by atoms with E-state index in [0.717, 1.165) is 13.0 Å². The Labute approximate surface area is 61.9 Å². The Morgan fingerprint density at radius 3 is 2.60 bits per heavy atom. The van der Waals surface area contributed by atoms with E-state index >= 15 is 0 Å². The maximum atomic E-state index is 3.82. The van der Waals surface area contributed by atoms with E-state index in [2.05, 4.69) is 36.9 Å². The van der Waals surface area contributed by atoms with Crippen molar-refractivity contribution in [3.8, 4) is 0 Å². The minimum absolute atomic E-state index is 0.991. The molecule has 0 aliphatic rings. The van der Waals surface area contributed by atoms with E-state index in [9.17, 15) is 0 Å². The van der Waals surface area contributed by atoms with Gasteiger partial charge >= 0.3 is 0 Å². The van der Waals surface area contributed by atoms with Crippen molar-refractivity contribution < 1.29 is 5.73 Å². The van der Waals surface area contributed by atoms with Gasteiger partial charge in [0.1, 0.15) is 0 Å². The van der Waals surface area contributed by atoms with Crippen LogP contribution in [0.3, 0.4) is 0 Å². The van der Waals surface area contributed by atoms with Crippen LogP contribution in [0.15, 0.2) is 24.3 Å². The summed E-state index contributed by atoms with van der Waals surface area (Å²) in [4.78, 5) is 0. The van der Waals surface area contributed by atoms with Gasteiger partial charge in [0.05, 0.1) is 6.54 Å². The fraction of sp³-hybridized carbons (Fsp3) is 0.333. The molecule has 0 unspecified atom stereocenters. The zero-order valence-corrected chi connectivity index (χ0v) is 6.43. The topological polar surface area (TPSA) is 27.6 Å². The van der Waals surface area contributed by atoms with Crippen LogP contribution in [0.1, 0.15) is 11.1 Å². The van der Waals surface area contributed by atoms with Crippen LogP contribution in [0.5, 0.6) is 0 Å². The van der Waals surface area contributed by atoms with Gasteiger partial charge in [-0.15, -0.1) is 0 Å². The molecule has 3 N–H and O–H groups in total. The Morgan fingerprint density at radius 2 is 2.00 bits per heavy atom. The molecule has 0 fully saturated rings. The molecule has 0 radical (unpaired) electrons. The lowest BCUT2D eigenvalue weighted by molar-refractivity contribution is -0.366. The smallest absolute Gasteiger partial charge is 0.0780 e. The van der Waals surface area contributed by atoms with Gasteiger partial charge in [-0.25, -0.2) is 0 Å². The van der Waals surface area contributed by atoms with Crippen molar-refractivity contribution >= 4 is 0 Å². The summed E-state index contributed by atoms with van der Waals surface area (Å²) in [7, 11) is 0. The second-order valence-electron chi connectivity index (χ2n) is 2.53. The summed E-state index contributed by atoms with van der Waals surface area (Å²) in [6, 6.07) is 8.46. The summed E-state index contributed by atoms with van der Waals surface area (Å²) < 4.78 is 0. The van der Waals surface area contributed by atoms with E-state index in [1.807, 2.05) is 0 Å². The van der Waals surface area contributed by atoms with Crippen LogP contribution in [-0.2, 0) is 6.42 Å². The third kappa shape index (κ3) is 1.58. The summed E-state index contributed by atoms with van der Waals surface area (Å²) in [5, 5.41) is 0. The van der Waals surface area contributed by atoms with Crippen LogP contribution in [0.4, 0.5) is 0 Å². The molecule has 0 aromatic heterocycles. The molecule has 0 spiro atoms. The molecule has 1 aromatic carbocycles. The molecule has 0 saturated heterocycles. The summed E-state index contributed by atoms with van der Waals surface area (Å²) in [5.41, 5.74) is 6.63. The monoisotopic (exact) mass is 136 g/mol. The Morgan fingerprint density at radius 1 is 1.30 bits per heavy atom. The highest BCUT2D eigenvalue weighted by Gasteiger charge is 1.93. The second-order valence-corrected chi connectivity index (χ2v) is 2.53. The number of rotatable bonds is 2. The van der Waals surface area contributed by atoms with Crippen molar-refractivity contribution in [2.75, 3.05) is 6.54 Å². The highest BCUT2D eigenvalue weighted by Crippen LogP contribution is 2.05. The summed E-state index contributed by atoms with van der Waals surface area (Å²) in [5.74, 6) is 0. The normalized spacial score (nSPS) is 9.80. The average Bonchev–Trinajstić information content (AvgIpc) is 1.94. The first-order chi connectivity index (χ1) is 4.84. The Balaban J connectivity index is 2.81. The molecule has 0 bridgehead atoms. The Kier molecular flexibility index (Phi) is 2.46. The molecule has 0 heterocycles. The standard InChI is InChI=1S/C9H13N/c1-8-4-2-3-5-9(8)6-7-10/h2-5H,6-7,10H2,1H3/p+1. The van der Waals surface area contributed by atoms with Crippen LogP contribution in [0.25, 0.3) is 0 Å². The molecule has 1 aromatic rings. The van der Waals surface area contributed by atoms with E-state index in [0.29, 0.717) is 0 Å². The van der Waals surface area contributed by atoms with Gasteiger partial charge < -0.3 is 5.73 Å². The minimum atomic E-state index is 0.991. The van der Waals surface area contributed by atoms with Crippen LogP contribution in [-0.4, -0.2) is 6.54 Å². The van der Waals surface area contributed by atoms with E-state index in [4.69, 9.17) is 0 Å². The molecular weight excluding hydrogens is 122 g/mol. The molecule has 1 nitrogen and oxygen atoms in total. The molecule has 1 heteroatoms. The molecule has 10 heavy (non-hydrogen) atoms. The van der Waals surface area contributed by atoms with Crippen molar-refractivity contribution in [3.05, 3.63) is 35.4 Å². The lowest BCUT2D eigenvalue weighted by Gasteiger charge is -1.99. The highest BCUT2D eigenvalue weighted by atomic mass is 14.5. The number of hydrogen-bond donors (Lipinski definition) is 1. The predicted molar refractivity (Wildman–Crippen MR) is 42.6 cm³/mol. The van der Waals surface area contributed by atoms with Crippen molar-refractivity contribution in [1.82, 2.24) is 0 Å². The molecule has 1 rings (SSSR count). The highest BCUT2D eigenvalue weighted by molar-refractivity contribution is 5.25. The molecular formula is C9H14N+. The van der Waals surface area contributed by atoms with E-state index < -0.39 is 0 Å². The van der Waals surface area contributed by atoms with Crippen LogP contribution in [0.2, 0.25) is 0 Å². The Bertz CT molecular complexity index is 206. The zero-order chi connectivity index (χ0) is 7.40. The van der Waals surface area contributed by atoms with Crippen molar-refractivity contribution in [3.63, 3.8) is 0 Å². The fourth-order valence-corrected chi connectivity index (χ4v) is 1.08. The minimum Gasteiger partial charge on any atom is -0.357 e. The largest absolute Gasteiger partial charge is 0.357 e. The predicted octanol–water partition coefficient (Wildman–Crippen LogP) is 0.779. The van der Waals surface area contributed by atoms with Crippen molar-refractivity contribution in [2.45, 2.75) is 13.3 Å². The van der Waals surface area contributed by atoms with E-state index in [1.54, 1.807) is 0 Å². The zero-order valence-electron chi connectivity index (χ0n) is 6.43. The fourth-order valence-electron chi connectivity index (χ4n) is 1.08. The SMILES string of the molecule is Cc1ccccc1CC[NH3+]. The molecule has 0 aliphatic heterocycles. The van der Waals surface area contributed by atoms with Crippen molar-refractivity contribution in [2.24, 2.45) is 0 Å². The number of hydrogen-bond acceptors (Lipinski definition) is 0. The summed E-state index contributed by atoms with van der Waals surface area (Å²) in [6.45, 7) is 3.13. The second kappa shape index (κ2) is 3.37. The number of quaternary nitrogens is 1. The first-order valence-electron chi connectivity index (χ1n) is 3.68. The maximum absolute atomic E-state index is 3.82. The van der Waals surface area contributed by atoms with E-state index in [-0.39, 0.29) is 0 Å². The van der Waals surface area contributed by atoms with Gasteiger partial charge in [-0.05, 0) is 18.1 Å². The molecule has 54 valence electrons. The third-order valence-electron chi connectivity index (χ3n) is 1.71. The van der Waals surface area contributed by atoms with Gasteiger partial charge in [0.15, 0.2) is 0 Å². The van der Waals surface area contributed by atoms with Gasteiger partial charge in [-0.2, -0.15) is 0 Å². The Hall–Kier alpha value is -0.820. The first kappa shape index (κ1) is 7.29. The van der Waals surface area contributed by atoms with Crippen LogP contribution in [0, 0.1) is 6.92 Å². The van der Waals surface area contributed by atoms with Gasteiger partial charge in [-0.1, -0.05) is 24.3 Å². The van der Waals surface area contributed by atoms with Gasteiger partial charge in [0, 0.05) is 6.42 Å². The summed E-state index contributed by atoms with van der Waals surface area (Å²) >= 11 is 0. The average molecular weight is 136 g/mol.